The van der Waals surface area contributed by atoms with E-state index in [0.717, 1.165) is 25.8 Å². The van der Waals surface area contributed by atoms with Gasteiger partial charge in [-0.05, 0) is 19.8 Å². The molecule has 1 saturated heterocycles. The Morgan fingerprint density at radius 2 is 2.16 bits per heavy atom. The van der Waals surface area contributed by atoms with E-state index in [2.05, 4.69) is 0 Å². The molecule has 1 aliphatic carbocycles. The van der Waals surface area contributed by atoms with E-state index in [9.17, 15) is 9.59 Å². The van der Waals surface area contributed by atoms with Crippen LogP contribution >= 0.6 is 0 Å². The highest BCUT2D eigenvalue weighted by Crippen LogP contribution is 2.32. The second-order valence-electron chi connectivity index (χ2n) is 5.31. The maximum absolute atomic E-state index is 11.9. The van der Waals surface area contributed by atoms with Crippen LogP contribution in [0.2, 0.25) is 0 Å². The van der Waals surface area contributed by atoms with E-state index in [-0.39, 0.29) is 17.9 Å². The Morgan fingerprint density at radius 3 is 2.84 bits per heavy atom. The molecule has 19 heavy (non-hydrogen) atoms. The van der Waals surface area contributed by atoms with Gasteiger partial charge in [0.1, 0.15) is 17.6 Å². The lowest BCUT2D eigenvalue weighted by Crippen LogP contribution is -2.32. The van der Waals surface area contributed by atoms with Gasteiger partial charge in [-0.2, -0.15) is 0 Å². The van der Waals surface area contributed by atoms with E-state index in [1.165, 1.54) is 6.07 Å². The van der Waals surface area contributed by atoms with Gasteiger partial charge in [0.15, 0.2) is 0 Å². The summed E-state index contributed by atoms with van der Waals surface area (Å²) >= 11 is 0. The number of ether oxygens (including phenoxy) is 1. The fourth-order valence-electron chi connectivity index (χ4n) is 2.45. The number of carbonyl (C=O) groups excluding carboxylic acids is 1. The number of carbonyl (C=O) groups is 1. The SMILES string of the molecule is Cc1cc(O[C@H]2CCN(C(=O)C3CC3)C2)cc(=O)o1. The molecule has 2 heterocycles. The highest BCUT2D eigenvalue weighted by atomic mass is 16.5. The lowest BCUT2D eigenvalue weighted by molar-refractivity contribution is -0.131. The zero-order valence-corrected chi connectivity index (χ0v) is 10.9. The predicted octanol–water partition coefficient (Wildman–Crippen LogP) is 1.34. The van der Waals surface area contributed by atoms with Crippen molar-refractivity contribution in [2.75, 3.05) is 13.1 Å². The monoisotopic (exact) mass is 263 g/mol. The van der Waals surface area contributed by atoms with Crippen molar-refractivity contribution in [2.45, 2.75) is 32.3 Å². The van der Waals surface area contributed by atoms with Crippen molar-refractivity contribution in [2.24, 2.45) is 5.92 Å². The Labute approximate surface area is 111 Å². The zero-order valence-electron chi connectivity index (χ0n) is 10.9. The number of aryl methyl sites for hydroxylation is 1. The molecule has 1 atom stereocenters. The molecule has 3 rings (SSSR count). The van der Waals surface area contributed by atoms with Crippen molar-refractivity contribution in [1.29, 1.82) is 0 Å². The third-order valence-electron chi connectivity index (χ3n) is 3.55. The molecule has 2 aliphatic rings. The van der Waals surface area contributed by atoms with Crippen LogP contribution in [0.15, 0.2) is 21.3 Å². The van der Waals surface area contributed by atoms with Gasteiger partial charge < -0.3 is 14.1 Å². The number of amides is 1. The Morgan fingerprint density at radius 1 is 1.37 bits per heavy atom. The third-order valence-corrected chi connectivity index (χ3v) is 3.55. The lowest BCUT2D eigenvalue weighted by Gasteiger charge is -2.17. The van der Waals surface area contributed by atoms with Crippen molar-refractivity contribution in [3.05, 3.63) is 28.3 Å². The quantitative estimate of drug-likeness (QED) is 0.825. The molecule has 1 aromatic rings. The highest BCUT2D eigenvalue weighted by molar-refractivity contribution is 5.81. The van der Waals surface area contributed by atoms with Crippen LogP contribution in [-0.2, 0) is 4.79 Å². The van der Waals surface area contributed by atoms with E-state index in [4.69, 9.17) is 9.15 Å². The molecule has 1 aromatic heterocycles. The summed E-state index contributed by atoms with van der Waals surface area (Å²) < 4.78 is 10.6. The molecule has 0 aromatic carbocycles. The molecule has 1 amide bonds. The minimum Gasteiger partial charge on any atom is -0.488 e. The van der Waals surface area contributed by atoms with Gasteiger partial charge >= 0.3 is 5.63 Å². The first-order valence-electron chi connectivity index (χ1n) is 6.69. The fraction of sp³-hybridized carbons (Fsp3) is 0.571. The zero-order chi connectivity index (χ0) is 13.4. The largest absolute Gasteiger partial charge is 0.488 e. The van der Waals surface area contributed by atoms with Crippen LogP contribution in [0.25, 0.3) is 0 Å². The van der Waals surface area contributed by atoms with Crippen LogP contribution in [0.1, 0.15) is 25.0 Å². The summed E-state index contributed by atoms with van der Waals surface area (Å²) in [5.74, 6) is 1.57. The van der Waals surface area contributed by atoms with Gasteiger partial charge in [0.2, 0.25) is 5.91 Å². The van der Waals surface area contributed by atoms with Crippen LogP contribution in [0.3, 0.4) is 0 Å². The maximum Gasteiger partial charge on any atom is 0.339 e. The standard InChI is InChI=1S/C14H17NO4/c1-9-6-12(7-13(16)18-9)19-11-4-5-15(8-11)14(17)10-2-3-10/h6-7,10-11H,2-5,8H2,1H3/t11-/m0/s1. The number of rotatable bonds is 3. The molecular weight excluding hydrogens is 246 g/mol. The third kappa shape index (κ3) is 2.80. The number of nitrogens with zero attached hydrogens (tertiary/aromatic N) is 1. The first kappa shape index (κ1) is 12.3. The number of hydrogen-bond donors (Lipinski definition) is 0. The van der Waals surface area contributed by atoms with Crippen molar-refractivity contribution in [3.63, 3.8) is 0 Å². The van der Waals surface area contributed by atoms with E-state index in [1.807, 2.05) is 4.90 Å². The van der Waals surface area contributed by atoms with Gasteiger partial charge in [0.25, 0.3) is 0 Å². The van der Waals surface area contributed by atoms with Gasteiger partial charge in [-0.3, -0.25) is 4.79 Å². The van der Waals surface area contributed by atoms with Crippen molar-refractivity contribution >= 4 is 5.91 Å². The molecule has 5 heteroatoms. The first-order valence-corrected chi connectivity index (χ1v) is 6.69. The van der Waals surface area contributed by atoms with Crippen LogP contribution in [-0.4, -0.2) is 30.0 Å². The van der Waals surface area contributed by atoms with Crippen molar-refractivity contribution < 1.29 is 13.9 Å². The summed E-state index contributed by atoms with van der Waals surface area (Å²) in [5, 5.41) is 0. The van der Waals surface area contributed by atoms with Crippen LogP contribution < -0.4 is 10.4 Å². The van der Waals surface area contributed by atoms with Crippen LogP contribution in [0.4, 0.5) is 0 Å². The normalized spacial score (nSPS) is 22.6. The Balaban J connectivity index is 1.62. The Hall–Kier alpha value is -1.78. The molecule has 0 unspecified atom stereocenters. The minimum atomic E-state index is -0.404. The number of likely N-dealkylation sites (tertiary alicyclic amines) is 1. The number of hydrogen-bond acceptors (Lipinski definition) is 4. The molecule has 5 nitrogen and oxygen atoms in total. The second-order valence-corrected chi connectivity index (χ2v) is 5.31. The predicted molar refractivity (Wildman–Crippen MR) is 68.1 cm³/mol. The second kappa shape index (κ2) is 4.72. The molecule has 2 fully saturated rings. The van der Waals surface area contributed by atoms with Gasteiger partial charge in [-0.15, -0.1) is 0 Å². The summed E-state index contributed by atoms with van der Waals surface area (Å²) in [5.41, 5.74) is -0.404. The summed E-state index contributed by atoms with van der Waals surface area (Å²) in [4.78, 5) is 25.0. The molecule has 0 bridgehead atoms. The molecule has 1 saturated carbocycles. The summed E-state index contributed by atoms with van der Waals surface area (Å²) in [7, 11) is 0. The minimum absolute atomic E-state index is 0.0242. The summed E-state index contributed by atoms with van der Waals surface area (Å²) in [6.45, 7) is 3.08. The van der Waals surface area contributed by atoms with E-state index >= 15 is 0 Å². The van der Waals surface area contributed by atoms with Crippen molar-refractivity contribution in [3.8, 4) is 5.75 Å². The van der Waals surface area contributed by atoms with Gasteiger partial charge in [0.05, 0.1) is 12.6 Å². The Kier molecular flexibility index (Phi) is 3.05. The van der Waals surface area contributed by atoms with E-state index in [0.29, 0.717) is 18.1 Å². The Bertz CT molecular complexity index is 547. The average molecular weight is 263 g/mol. The van der Waals surface area contributed by atoms with E-state index in [1.54, 1.807) is 13.0 Å². The molecule has 1 aliphatic heterocycles. The maximum atomic E-state index is 11.9. The smallest absolute Gasteiger partial charge is 0.339 e. The topological polar surface area (TPSA) is 59.8 Å². The van der Waals surface area contributed by atoms with Crippen molar-refractivity contribution in [1.82, 2.24) is 4.90 Å². The molecule has 0 spiro atoms. The molecule has 0 radical (unpaired) electrons. The summed E-state index contributed by atoms with van der Waals surface area (Å²) in [6.07, 6.45) is 2.85. The first-order chi connectivity index (χ1) is 9.11. The average Bonchev–Trinajstić information content (AvgIpc) is 3.08. The lowest BCUT2D eigenvalue weighted by atomic mass is 10.3. The summed E-state index contributed by atoms with van der Waals surface area (Å²) in [6, 6.07) is 3.05. The molecule has 102 valence electrons. The fourth-order valence-corrected chi connectivity index (χ4v) is 2.45. The van der Waals surface area contributed by atoms with E-state index < -0.39 is 5.63 Å². The molecular formula is C14H17NO4. The van der Waals surface area contributed by atoms with Gasteiger partial charge in [0, 0.05) is 24.9 Å². The van der Waals surface area contributed by atoms with Gasteiger partial charge in [-0.25, -0.2) is 4.79 Å². The van der Waals surface area contributed by atoms with Gasteiger partial charge in [-0.1, -0.05) is 0 Å². The van der Waals surface area contributed by atoms with Crippen LogP contribution in [0.5, 0.6) is 5.75 Å². The van der Waals surface area contributed by atoms with Crippen LogP contribution in [0, 0.1) is 12.8 Å². The highest BCUT2D eigenvalue weighted by Gasteiger charge is 2.37. The molecule has 0 N–H and O–H groups in total.